The van der Waals surface area contributed by atoms with Gasteiger partial charge in [0, 0.05) is 17.6 Å². The van der Waals surface area contributed by atoms with Crippen LogP contribution in [0.3, 0.4) is 0 Å². The molecule has 1 unspecified atom stereocenters. The average molecular weight is 233 g/mol. The zero-order valence-electron chi connectivity index (χ0n) is 9.07. The minimum atomic E-state index is 0.200. The molecular formula is C13H13ClN2. The van der Waals surface area contributed by atoms with E-state index in [4.69, 9.17) is 11.6 Å². The predicted molar refractivity (Wildman–Crippen MR) is 70.0 cm³/mol. The molecule has 1 heterocycles. The minimum Gasteiger partial charge on any atom is -0.377 e. The fourth-order valence-electron chi connectivity index (χ4n) is 1.56. The highest BCUT2D eigenvalue weighted by molar-refractivity contribution is 6.35. The van der Waals surface area contributed by atoms with Crippen molar-refractivity contribution in [3.05, 3.63) is 48.1 Å². The zero-order valence-corrected chi connectivity index (χ0v) is 9.83. The number of nitrogens with one attached hydrogen (secondary N) is 1. The van der Waals surface area contributed by atoms with E-state index in [2.05, 4.69) is 16.9 Å². The van der Waals surface area contributed by atoms with Crippen LogP contribution in [0.5, 0.6) is 0 Å². The van der Waals surface area contributed by atoms with Crippen LogP contribution < -0.4 is 5.32 Å². The molecule has 0 bridgehead atoms. The molecule has 16 heavy (non-hydrogen) atoms. The van der Waals surface area contributed by atoms with Crippen molar-refractivity contribution in [3.8, 4) is 0 Å². The normalized spacial score (nSPS) is 12.4. The van der Waals surface area contributed by atoms with Crippen molar-refractivity contribution in [2.45, 2.75) is 13.0 Å². The molecule has 2 nitrogen and oxygen atoms in total. The van der Waals surface area contributed by atoms with Gasteiger partial charge in [0.1, 0.15) is 0 Å². The van der Waals surface area contributed by atoms with E-state index >= 15 is 0 Å². The summed E-state index contributed by atoms with van der Waals surface area (Å²) in [4.78, 5) is 4.35. The lowest BCUT2D eigenvalue weighted by Gasteiger charge is -2.13. The Morgan fingerprint density at radius 1 is 1.44 bits per heavy atom. The molecular weight excluding hydrogens is 220 g/mol. The van der Waals surface area contributed by atoms with Crippen LogP contribution in [-0.2, 0) is 0 Å². The van der Waals surface area contributed by atoms with Crippen molar-refractivity contribution in [2.75, 3.05) is 5.32 Å². The maximum atomic E-state index is 6.11. The zero-order chi connectivity index (χ0) is 11.5. The summed E-state index contributed by atoms with van der Waals surface area (Å²) in [5.74, 6) is 0. The quantitative estimate of drug-likeness (QED) is 0.813. The molecule has 0 amide bonds. The molecule has 0 fully saturated rings. The fraction of sp³-hybridized carbons (Fsp3) is 0.154. The fourth-order valence-corrected chi connectivity index (χ4v) is 1.77. The lowest BCUT2D eigenvalue weighted by Crippen LogP contribution is -2.11. The number of pyridine rings is 1. The van der Waals surface area contributed by atoms with E-state index in [9.17, 15) is 0 Å². The Morgan fingerprint density at radius 2 is 2.25 bits per heavy atom. The van der Waals surface area contributed by atoms with Crippen molar-refractivity contribution in [2.24, 2.45) is 0 Å². The molecule has 0 aliphatic rings. The van der Waals surface area contributed by atoms with Crippen LogP contribution in [0.2, 0.25) is 5.02 Å². The monoisotopic (exact) mass is 232 g/mol. The summed E-state index contributed by atoms with van der Waals surface area (Å²) in [7, 11) is 0. The Labute approximate surface area is 100.0 Å². The second kappa shape index (κ2) is 4.54. The van der Waals surface area contributed by atoms with Gasteiger partial charge in [0.25, 0.3) is 0 Å². The molecule has 1 atom stereocenters. The van der Waals surface area contributed by atoms with Crippen molar-refractivity contribution in [1.82, 2.24) is 4.98 Å². The lowest BCUT2D eigenvalue weighted by atomic mass is 10.1. The highest BCUT2D eigenvalue weighted by Gasteiger charge is 2.06. The predicted octanol–water partition coefficient (Wildman–Crippen LogP) is 3.87. The smallest absolute Gasteiger partial charge is 0.0948 e. The van der Waals surface area contributed by atoms with Gasteiger partial charge in [0.05, 0.1) is 16.2 Å². The van der Waals surface area contributed by atoms with Crippen LogP contribution in [0.15, 0.2) is 43.1 Å². The van der Waals surface area contributed by atoms with Gasteiger partial charge in [-0.15, -0.1) is 6.58 Å². The topological polar surface area (TPSA) is 24.9 Å². The van der Waals surface area contributed by atoms with Crippen LogP contribution in [0.1, 0.15) is 6.92 Å². The Hall–Kier alpha value is -1.54. The van der Waals surface area contributed by atoms with Gasteiger partial charge in [0.2, 0.25) is 0 Å². The van der Waals surface area contributed by atoms with Gasteiger partial charge in [-0.05, 0) is 31.2 Å². The Bertz CT molecular complexity index is 522. The summed E-state index contributed by atoms with van der Waals surface area (Å²) in [6.07, 6.45) is 3.62. The first-order chi connectivity index (χ1) is 7.72. The molecule has 0 aliphatic heterocycles. The van der Waals surface area contributed by atoms with E-state index in [-0.39, 0.29) is 6.04 Å². The van der Waals surface area contributed by atoms with E-state index in [0.717, 1.165) is 21.6 Å². The Kier molecular flexibility index (Phi) is 3.11. The van der Waals surface area contributed by atoms with Crippen molar-refractivity contribution in [1.29, 1.82) is 0 Å². The van der Waals surface area contributed by atoms with Gasteiger partial charge in [-0.2, -0.15) is 0 Å². The van der Waals surface area contributed by atoms with Crippen molar-refractivity contribution >= 4 is 28.2 Å². The number of aromatic nitrogens is 1. The number of fused-ring (bicyclic) bond motifs is 1. The summed E-state index contributed by atoms with van der Waals surface area (Å²) in [5.41, 5.74) is 1.87. The van der Waals surface area contributed by atoms with Gasteiger partial charge in [0.15, 0.2) is 0 Å². The molecule has 0 spiro atoms. The second-order valence-electron chi connectivity index (χ2n) is 3.66. The number of hydrogen-bond donors (Lipinski definition) is 1. The maximum absolute atomic E-state index is 6.11. The third-order valence-electron chi connectivity index (χ3n) is 2.45. The van der Waals surface area contributed by atoms with Crippen LogP contribution in [0, 0.1) is 0 Å². The van der Waals surface area contributed by atoms with Crippen LogP contribution >= 0.6 is 11.6 Å². The summed E-state index contributed by atoms with van der Waals surface area (Å²) >= 11 is 6.11. The molecule has 0 radical (unpaired) electrons. The highest BCUT2D eigenvalue weighted by Crippen LogP contribution is 2.28. The van der Waals surface area contributed by atoms with Gasteiger partial charge in [-0.3, -0.25) is 4.98 Å². The van der Waals surface area contributed by atoms with E-state index in [1.54, 1.807) is 6.20 Å². The number of benzene rings is 1. The number of halogens is 1. The van der Waals surface area contributed by atoms with Crippen LogP contribution in [0.4, 0.5) is 5.69 Å². The third-order valence-corrected chi connectivity index (χ3v) is 2.78. The molecule has 0 aliphatic carbocycles. The van der Waals surface area contributed by atoms with Crippen molar-refractivity contribution < 1.29 is 0 Å². The maximum Gasteiger partial charge on any atom is 0.0948 e. The first kappa shape index (κ1) is 11.0. The lowest BCUT2D eigenvalue weighted by molar-refractivity contribution is 1.00. The number of rotatable bonds is 3. The molecule has 0 saturated carbocycles. The summed E-state index contributed by atoms with van der Waals surface area (Å²) in [5, 5.41) is 5.01. The van der Waals surface area contributed by atoms with E-state index in [1.165, 1.54) is 0 Å². The SMILES string of the molecule is C=CC(C)Nc1ccc(Cl)c2cccnc12. The molecule has 0 saturated heterocycles. The van der Waals surface area contributed by atoms with Gasteiger partial charge in [-0.1, -0.05) is 17.7 Å². The average Bonchev–Trinajstić information content (AvgIpc) is 2.33. The van der Waals surface area contributed by atoms with Gasteiger partial charge in [-0.25, -0.2) is 0 Å². The van der Waals surface area contributed by atoms with Crippen LogP contribution in [-0.4, -0.2) is 11.0 Å². The standard InChI is InChI=1S/C13H13ClN2/c1-3-9(2)16-12-7-6-11(14)10-5-4-8-15-13(10)12/h3-9,16H,1H2,2H3. The Morgan fingerprint density at radius 3 is 3.00 bits per heavy atom. The molecule has 3 heteroatoms. The van der Waals surface area contributed by atoms with Crippen molar-refractivity contribution in [3.63, 3.8) is 0 Å². The second-order valence-corrected chi connectivity index (χ2v) is 4.07. The Balaban J connectivity index is 2.54. The van der Waals surface area contributed by atoms with Crippen LogP contribution in [0.25, 0.3) is 10.9 Å². The molecule has 2 rings (SSSR count). The largest absolute Gasteiger partial charge is 0.377 e. The number of anilines is 1. The first-order valence-corrected chi connectivity index (χ1v) is 5.52. The molecule has 1 aromatic heterocycles. The van der Waals surface area contributed by atoms with E-state index in [0.29, 0.717) is 0 Å². The van der Waals surface area contributed by atoms with E-state index < -0.39 is 0 Å². The molecule has 1 N–H and O–H groups in total. The van der Waals surface area contributed by atoms with E-state index in [1.807, 2.05) is 37.3 Å². The number of hydrogen-bond acceptors (Lipinski definition) is 2. The first-order valence-electron chi connectivity index (χ1n) is 5.14. The molecule has 82 valence electrons. The molecule has 2 aromatic rings. The molecule has 1 aromatic carbocycles. The minimum absolute atomic E-state index is 0.200. The third kappa shape index (κ3) is 2.02. The van der Waals surface area contributed by atoms with Gasteiger partial charge < -0.3 is 5.32 Å². The summed E-state index contributed by atoms with van der Waals surface area (Å²) < 4.78 is 0. The number of nitrogens with zero attached hydrogens (tertiary/aromatic N) is 1. The summed E-state index contributed by atoms with van der Waals surface area (Å²) in [6, 6.07) is 7.87. The van der Waals surface area contributed by atoms with Gasteiger partial charge >= 0.3 is 0 Å². The highest BCUT2D eigenvalue weighted by atomic mass is 35.5. The summed E-state index contributed by atoms with van der Waals surface area (Å²) in [6.45, 7) is 5.78.